The molecular formula is C34H49N3O5. The summed E-state index contributed by atoms with van der Waals surface area (Å²) in [6.45, 7) is 5.91. The maximum atomic E-state index is 13.5. The van der Waals surface area contributed by atoms with E-state index in [2.05, 4.69) is 41.5 Å². The highest BCUT2D eigenvalue weighted by atomic mass is 16.5. The van der Waals surface area contributed by atoms with Gasteiger partial charge in [0.25, 0.3) is 5.91 Å². The van der Waals surface area contributed by atoms with Crippen LogP contribution in [0.3, 0.4) is 0 Å². The minimum Gasteiger partial charge on any atom is -0.481 e. The second-order valence-corrected chi connectivity index (χ2v) is 12.3. The summed E-state index contributed by atoms with van der Waals surface area (Å²) in [7, 11) is 3.39. The first-order valence-electron chi connectivity index (χ1n) is 15.9. The average Bonchev–Trinajstić information content (AvgIpc) is 3.04. The molecule has 8 nitrogen and oxygen atoms in total. The van der Waals surface area contributed by atoms with Crippen molar-refractivity contribution < 1.29 is 23.7 Å². The third-order valence-corrected chi connectivity index (χ3v) is 9.39. The smallest absolute Gasteiger partial charge is 0.272 e. The second kappa shape index (κ2) is 15.2. The zero-order chi connectivity index (χ0) is 29.3. The number of nitrogens with one attached hydrogen (secondary N) is 1. The van der Waals surface area contributed by atoms with Crippen LogP contribution in [-0.2, 0) is 14.2 Å². The quantitative estimate of drug-likeness (QED) is 0.340. The van der Waals surface area contributed by atoms with Gasteiger partial charge in [0.1, 0.15) is 5.69 Å². The van der Waals surface area contributed by atoms with Crippen LogP contribution < -0.4 is 10.1 Å². The van der Waals surface area contributed by atoms with Crippen molar-refractivity contribution in [3.05, 3.63) is 53.2 Å². The molecule has 1 N–H and O–H groups in total. The number of carbonyl (C=O) groups excluding carboxylic acids is 1. The highest BCUT2D eigenvalue weighted by molar-refractivity contribution is 5.93. The molecule has 5 rings (SSSR count). The minimum absolute atomic E-state index is 0.0195. The molecular weight excluding hydrogens is 530 g/mol. The van der Waals surface area contributed by atoms with E-state index in [-0.39, 0.29) is 24.2 Å². The molecule has 230 valence electrons. The summed E-state index contributed by atoms with van der Waals surface area (Å²) >= 11 is 0. The van der Waals surface area contributed by atoms with Crippen LogP contribution in [0.5, 0.6) is 5.88 Å². The Morgan fingerprint density at radius 3 is 2.62 bits per heavy atom. The van der Waals surface area contributed by atoms with Gasteiger partial charge >= 0.3 is 0 Å². The van der Waals surface area contributed by atoms with Gasteiger partial charge in [-0.3, -0.25) is 4.79 Å². The van der Waals surface area contributed by atoms with Gasteiger partial charge < -0.3 is 29.2 Å². The summed E-state index contributed by atoms with van der Waals surface area (Å²) < 4.78 is 23.1. The Bertz CT molecular complexity index is 1130. The highest BCUT2D eigenvalue weighted by Crippen LogP contribution is 2.32. The fourth-order valence-electron chi connectivity index (χ4n) is 6.73. The molecule has 0 spiro atoms. The van der Waals surface area contributed by atoms with Crippen molar-refractivity contribution in [3.8, 4) is 5.88 Å². The molecule has 4 atom stereocenters. The van der Waals surface area contributed by atoms with Gasteiger partial charge in [-0.05, 0) is 75.3 Å². The number of benzene rings is 1. The van der Waals surface area contributed by atoms with E-state index in [9.17, 15) is 4.79 Å². The lowest BCUT2D eigenvalue weighted by Crippen LogP contribution is -2.39. The molecule has 1 aromatic heterocycles. The summed E-state index contributed by atoms with van der Waals surface area (Å²) in [5.41, 5.74) is 3.77. The second-order valence-electron chi connectivity index (χ2n) is 12.3. The maximum Gasteiger partial charge on any atom is 0.272 e. The molecule has 3 fully saturated rings. The summed E-state index contributed by atoms with van der Waals surface area (Å²) in [5.74, 6) is 1.70. The molecule has 1 aromatic carbocycles. The van der Waals surface area contributed by atoms with E-state index < -0.39 is 0 Å². The molecule has 4 heterocycles. The van der Waals surface area contributed by atoms with E-state index in [0.29, 0.717) is 30.0 Å². The van der Waals surface area contributed by atoms with Crippen molar-refractivity contribution in [2.24, 2.45) is 11.8 Å². The monoisotopic (exact) mass is 579 g/mol. The molecule has 3 aliphatic rings. The number of amides is 1. The number of aryl methyl sites for hydroxylation is 1. The molecule has 3 saturated heterocycles. The van der Waals surface area contributed by atoms with Crippen LogP contribution in [0.4, 0.5) is 5.69 Å². The zero-order valence-electron chi connectivity index (χ0n) is 25.7. The topological polar surface area (TPSA) is 82.2 Å². The predicted molar refractivity (Wildman–Crippen MR) is 164 cm³/mol. The Labute approximate surface area is 251 Å². The number of ether oxygens (including phenoxy) is 4. The van der Waals surface area contributed by atoms with Crippen LogP contribution in [0, 0.1) is 18.8 Å². The van der Waals surface area contributed by atoms with E-state index in [0.717, 1.165) is 70.5 Å². The summed E-state index contributed by atoms with van der Waals surface area (Å²) in [6, 6.07) is 12.4. The SMILES string of the molecule is COc1cc(NC[C@H]2CCC[C@@H](c3ccc(C)cc3)O2)cc(C(=O)N2CCC(CCC[C@H]3CCOC[C@H]3OC)CC2)n1. The molecule has 0 unspecified atom stereocenters. The van der Waals surface area contributed by atoms with Crippen molar-refractivity contribution in [3.63, 3.8) is 0 Å². The number of methoxy groups -OCH3 is 2. The van der Waals surface area contributed by atoms with Gasteiger partial charge in [-0.15, -0.1) is 0 Å². The number of nitrogens with zero attached hydrogens (tertiary/aromatic N) is 2. The Morgan fingerprint density at radius 1 is 1.05 bits per heavy atom. The minimum atomic E-state index is -0.0195. The normalized spacial score (nSPS) is 25.3. The van der Waals surface area contributed by atoms with E-state index in [1.807, 2.05) is 17.0 Å². The van der Waals surface area contributed by atoms with Crippen LogP contribution in [0.25, 0.3) is 0 Å². The van der Waals surface area contributed by atoms with Crippen LogP contribution in [0.2, 0.25) is 0 Å². The van der Waals surface area contributed by atoms with Gasteiger partial charge in [0.15, 0.2) is 0 Å². The molecule has 2 aromatic rings. The van der Waals surface area contributed by atoms with Gasteiger partial charge in [-0.2, -0.15) is 0 Å². The molecule has 42 heavy (non-hydrogen) atoms. The maximum absolute atomic E-state index is 13.5. The Balaban J connectivity index is 1.10. The fraction of sp³-hybridized carbons (Fsp3) is 0.647. The Hall–Kier alpha value is -2.68. The lowest BCUT2D eigenvalue weighted by atomic mass is 9.86. The van der Waals surface area contributed by atoms with Crippen molar-refractivity contribution in [2.75, 3.05) is 52.4 Å². The third-order valence-electron chi connectivity index (χ3n) is 9.39. The number of aromatic nitrogens is 1. The highest BCUT2D eigenvalue weighted by Gasteiger charge is 2.28. The molecule has 0 bridgehead atoms. The Kier molecular flexibility index (Phi) is 11.1. The first kappa shape index (κ1) is 30.8. The molecule has 3 aliphatic heterocycles. The first-order valence-corrected chi connectivity index (χ1v) is 15.9. The summed E-state index contributed by atoms with van der Waals surface area (Å²) in [4.78, 5) is 19.9. The summed E-state index contributed by atoms with van der Waals surface area (Å²) in [5, 5.41) is 3.50. The number of carbonyl (C=O) groups is 1. The number of hydrogen-bond acceptors (Lipinski definition) is 7. The van der Waals surface area contributed by atoms with Crippen LogP contribution >= 0.6 is 0 Å². The van der Waals surface area contributed by atoms with E-state index >= 15 is 0 Å². The number of hydrogen-bond donors (Lipinski definition) is 1. The predicted octanol–water partition coefficient (Wildman–Crippen LogP) is 6.19. The number of rotatable bonds is 11. The lowest BCUT2D eigenvalue weighted by Gasteiger charge is -2.33. The molecule has 0 saturated carbocycles. The van der Waals surface area contributed by atoms with Gasteiger partial charge in [-0.1, -0.05) is 42.7 Å². The van der Waals surface area contributed by atoms with Gasteiger partial charge in [0, 0.05) is 45.1 Å². The molecule has 0 radical (unpaired) electrons. The average molecular weight is 580 g/mol. The van der Waals surface area contributed by atoms with Crippen molar-refractivity contribution >= 4 is 11.6 Å². The number of pyridine rings is 1. The number of anilines is 1. The van der Waals surface area contributed by atoms with Crippen LogP contribution in [0.1, 0.15) is 85.5 Å². The van der Waals surface area contributed by atoms with Crippen molar-refractivity contribution in [2.45, 2.75) is 83.0 Å². The number of piperidine rings is 1. The Morgan fingerprint density at radius 2 is 1.86 bits per heavy atom. The zero-order valence-corrected chi connectivity index (χ0v) is 25.7. The largest absolute Gasteiger partial charge is 0.481 e. The molecule has 0 aliphatic carbocycles. The molecule has 8 heteroatoms. The van der Waals surface area contributed by atoms with E-state index in [1.165, 1.54) is 30.4 Å². The van der Waals surface area contributed by atoms with Crippen LogP contribution in [-0.4, -0.2) is 75.1 Å². The van der Waals surface area contributed by atoms with Gasteiger partial charge in [0.2, 0.25) is 5.88 Å². The fourth-order valence-corrected chi connectivity index (χ4v) is 6.73. The number of likely N-dealkylation sites (tertiary alicyclic amines) is 1. The van der Waals surface area contributed by atoms with E-state index in [1.54, 1.807) is 14.2 Å². The van der Waals surface area contributed by atoms with Crippen LogP contribution in [0.15, 0.2) is 36.4 Å². The third kappa shape index (κ3) is 8.23. The van der Waals surface area contributed by atoms with Crippen molar-refractivity contribution in [1.29, 1.82) is 0 Å². The van der Waals surface area contributed by atoms with Gasteiger partial charge in [0.05, 0.1) is 32.0 Å². The standard InChI is InChI=1S/C34H49N3O5/c1-24-10-12-27(13-11-24)31-9-5-8-29(42-31)22-35-28-20-30(36-33(21-28)40-3)34(38)37-17-14-25(15-18-37)6-4-7-26-16-19-41-23-32(26)39-2/h10-13,20-21,25-26,29,31-32H,4-9,14-19,22-23H2,1-3H3,(H,35,36)/t26-,29+,31-,32+/m0/s1. The molecule has 1 amide bonds. The summed E-state index contributed by atoms with van der Waals surface area (Å²) in [6.07, 6.45) is 10.5. The van der Waals surface area contributed by atoms with Gasteiger partial charge in [-0.25, -0.2) is 4.98 Å². The van der Waals surface area contributed by atoms with Crippen molar-refractivity contribution in [1.82, 2.24) is 9.88 Å². The first-order chi connectivity index (χ1) is 20.5. The lowest BCUT2D eigenvalue weighted by molar-refractivity contribution is -0.0680. The van der Waals surface area contributed by atoms with E-state index in [4.69, 9.17) is 18.9 Å².